The van der Waals surface area contributed by atoms with Gasteiger partial charge in [-0.25, -0.2) is 0 Å². The molecule has 0 fully saturated rings. The average Bonchev–Trinajstić information content (AvgIpc) is 3.02. The summed E-state index contributed by atoms with van der Waals surface area (Å²) in [4.78, 5) is 2.32. The fourth-order valence-electron chi connectivity index (χ4n) is 5.85. The van der Waals surface area contributed by atoms with Crippen molar-refractivity contribution in [2.75, 3.05) is 4.90 Å². The van der Waals surface area contributed by atoms with Crippen LogP contribution in [0.2, 0.25) is 0 Å². The normalized spacial score (nSPS) is 11.1. The summed E-state index contributed by atoms with van der Waals surface area (Å²) < 4.78 is 0. The topological polar surface area (TPSA) is 3.24 Å². The van der Waals surface area contributed by atoms with Crippen LogP contribution in [0.25, 0.3) is 43.8 Å². The summed E-state index contributed by atoms with van der Waals surface area (Å²) in [5.74, 6) is 0. The second-order valence-corrected chi connectivity index (χ2v) is 10.3. The molecule has 0 aliphatic heterocycles. The molecule has 0 saturated carbocycles. The predicted molar refractivity (Wildman–Crippen MR) is 172 cm³/mol. The monoisotopic (exact) mass is 511 g/mol. The van der Waals surface area contributed by atoms with Gasteiger partial charge in [0.2, 0.25) is 0 Å². The van der Waals surface area contributed by atoms with Crippen LogP contribution in [0.5, 0.6) is 0 Å². The van der Waals surface area contributed by atoms with Gasteiger partial charge in [0.25, 0.3) is 0 Å². The van der Waals surface area contributed by atoms with Crippen LogP contribution in [0.4, 0.5) is 17.1 Å². The molecule has 1 nitrogen and oxygen atoms in total. The van der Waals surface area contributed by atoms with Crippen LogP contribution in [0.1, 0.15) is 5.56 Å². The Bertz CT molecular complexity index is 1860. The Labute approximate surface area is 235 Å². The molecule has 7 aromatic carbocycles. The van der Waals surface area contributed by atoms with Crippen LogP contribution >= 0.6 is 0 Å². The van der Waals surface area contributed by atoms with Crippen LogP contribution in [-0.2, 0) is 0 Å². The molecule has 0 spiro atoms. The highest BCUT2D eigenvalue weighted by Gasteiger charge is 2.17. The standard InChI is InChI=1S/C39H29N/c1-28-20-24-32(25-21-28)40(31-14-6-3-7-15-31)33-26-22-30(23-27-33)39-36-18-10-8-16-34(36)38(29-12-4-2-5-13-29)35-17-9-11-19-37(35)39/h2-27H,1H3. The zero-order valence-corrected chi connectivity index (χ0v) is 22.5. The number of para-hydroxylation sites is 1. The third-order valence-corrected chi connectivity index (χ3v) is 7.71. The lowest BCUT2D eigenvalue weighted by molar-refractivity contribution is 1.28. The molecule has 190 valence electrons. The van der Waals surface area contributed by atoms with Crippen molar-refractivity contribution in [3.63, 3.8) is 0 Å². The van der Waals surface area contributed by atoms with E-state index in [2.05, 4.69) is 170 Å². The van der Waals surface area contributed by atoms with Gasteiger partial charge in [0.1, 0.15) is 0 Å². The van der Waals surface area contributed by atoms with Gasteiger partial charge >= 0.3 is 0 Å². The van der Waals surface area contributed by atoms with E-state index in [0.29, 0.717) is 0 Å². The Balaban J connectivity index is 1.42. The highest BCUT2D eigenvalue weighted by atomic mass is 15.1. The Morgan fingerprint density at radius 2 is 0.675 bits per heavy atom. The first-order chi connectivity index (χ1) is 19.8. The van der Waals surface area contributed by atoms with E-state index in [0.717, 1.165) is 17.1 Å². The summed E-state index contributed by atoms with van der Waals surface area (Å²) in [6, 6.07) is 56.8. The zero-order chi connectivity index (χ0) is 26.9. The first-order valence-corrected chi connectivity index (χ1v) is 13.8. The first kappa shape index (κ1) is 23.9. The fourth-order valence-corrected chi connectivity index (χ4v) is 5.85. The molecule has 7 rings (SSSR count). The molecule has 7 aromatic rings. The summed E-state index contributed by atoms with van der Waals surface area (Å²) in [6.45, 7) is 2.13. The lowest BCUT2D eigenvalue weighted by Crippen LogP contribution is -2.09. The molecule has 0 bridgehead atoms. The second kappa shape index (κ2) is 10.2. The van der Waals surface area contributed by atoms with E-state index in [1.54, 1.807) is 0 Å². The van der Waals surface area contributed by atoms with Crippen molar-refractivity contribution in [1.82, 2.24) is 0 Å². The van der Waals surface area contributed by atoms with Crippen molar-refractivity contribution in [1.29, 1.82) is 0 Å². The minimum atomic E-state index is 1.13. The van der Waals surface area contributed by atoms with E-state index < -0.39 is 0 Å². The quantitative estimate of drug-likeness (QED) is 0.208. The molecule has 0 N–H and O–H groups in total. The van der Waals surface area contributed by atoms with Crippen molar-refractivity contribution in [2.45, 2.75) is 6.92 Å². The van der Waals surface area contributed by atoms with Crippen molar-refractivity contribution in [3.05, 3.63) is 163 Å². The number of aryl methyl sites for hydroxylation is 1. The van der Waals surface area contributed by atoms with Crippen molar-refractivity contribution >= 4 is 38.6 Å². The smallest absolute Gasteiger partial charge is 0.0462 e. The number of anilines is 3. The van der Waals surface area contributed by atoms with E-state index in [9.17, 15) is 0 Å². The van der Waals surface area contributed by atoms with Crippen LogP contribution in [0.15, 0.2) is 158 Å². The van der Waals surface area contributed by atoms with Gasteiger partial charge < -0.3 is 4.90 Å². The zero-order valence-electron chi connectivity index (χ0n) is 22.5. The molecule has 1 heteroatoms. The maximum absolute atomic E-state index is 2.32. The third kappa shape index (κ3) is 4.22. The molecule has 40 heavy (non-hydrogen) atoms. The van der Waals surface area contributed by atoms with Gasteiger partial charge in [-0.05, 0) is 87.1 Å². The number of benzene rings is 7. The van der Waals surface area contributed by atoms with Gasteiger partial charge in [-0.1, -0.05) is 127 Å². The van der Waals surface area contributed by atoms with E-state index in [4.69, 9.17) is 0 Å². The van der Waals surface area contributed by atoms with Crippen LogP contribution < -0.4 is 4.90 Å². The molecule has 0 aliphatic rings. The average molecular weight is 512 g/mol. The Morgan fingerprint density at radius 1 is 0.325 bits per heavy atom. The van der Waals surface area contributed by atoms with E-state index in [-0.39, 0.29) is 0 Å². The molecule has 0 radical (unpaired) electrons. The summed E-state index contributed by atoms with van der Waals surface area (Å²) >= 11 is 0. The summed E-state index contributed by atoms with van der Waals surface area (Å²) in [5.41, 5.74) is 9.70. The van der Waals surface area contributed by atoms with Crippen molar-refractivity contribution < 1.29 is 0 Å². The SMILES string of the molecule is Cc1ccc(N(c2ccccc2)c2ccc(-c3c4ccccc4c(-c4ccccc4)c4ccccc34)cc2)cc1. The molecule has 0 amide bonds. The lowest BCUT2D eigenvalue weighted by atomic mass is 9.86. The van der Waals surface area contributed by atoms with Gasteiger partial charge in [0.05, 0.1) is 0 Å². The van der Waals surface area contributed by atoms with Crippen LogP contribution in [0, 0.1) is 6.92 Å². The third-order valence-electron chi connectivity index (χ3n) is 7.71. The maximum atomic E-state index is 2.32. The number of fused-ring (bicyclic) bond motifs is 2. The molecule has 0 heterocycles. The Hall–Kier alpha value is -5.14. The molecule has 0 aromatic heterocycles. The number of rotatable bonds is 5. The van der Waals surface area contributed by atoms with Gasteiger partial charge in [-0.3, -0.25) is 0 Å². The molecular weight excluding hydrogens is 482 g/mol. The highest BCUT2D eigenvalue weighted by molar-refractivity contribution is 6.21. The molecule has 0 unspecified atom stereocenters. The Kier molecular flexibility index (Phi) is 6.11. The van der Waals surface area contributed by atoms with Crippen LogP contribution in [-0.4, -0.2) is 0 Å². The summed E-state index contributed by atoms with van der Waals surface area (Å²) in [5, 5.41) is 5.09. The van der Waals surface area contributed by atoms with Crippen LogP contribution in [0.3, 0.4) is 0 Å². The van der Waals surface area contributed by atoms with Gasteiger partial charge in [0, 0.05) is 17.1 Å². The summed E-state index contributed by atoms with van der Waals surface area (Å²) in [7, 11) is 0. The van der Waals surface area contributed by atoms with E-state index in [1.165, 1.54) is 49.4 Å². The van der Waals surface area contributed by atoms with Crippen molar-refractivity contribution in [3.8, 4) is 22.3 Å². The van der Waals surface area contributed by atoms with Gasteiger partial charge in [0.15, 0.2) is 0 Å². The largest absolute Gasteiger partial charge is 0.311 e. The summed E-state index contributed by atoms with van der Waals surface area (Å²) in [6.07, 6.45) is 0. The molecule has 0 aliphatic carbocycles. The minimum absolute atomic E-state index is 1.13. The first-order valence-electron chi connectivity index (χ1n) is 13.8. The number of hydrogen-bond acceptors (Lipinski definition) is 1. The number of hydrogen-bond donors (Lipinski definition) is 0. The molecular formula is C39H29N. The second-order valence-electron chi connectivity index (χ2n) is 10.3. The Morgan fingerprint density at radius 3 is 1.15 bits per heavy atom. The van der Waals surface area contributed by atoms with Crippen molar-refractivity contribution in [2.24, 2.45) is 0 Å². The predicted octanol–water partition coefficient (Wildman–Crippen LogP) is 11.1. The lowest BCUT2D eigenvalue weighted by Gasteiger charge is -2.26. The van der Waals surface area contributed by atoms with E-state index in [1.807, 2.05) is 0 Å². The minimum Gasteiger partial charge on any atom is -0.311 e. The number of nitrogens with zero attached hydrogens (tertiary/aromatic N) is 1. The maximum Gasteiger partial charge on any atom is 0.0462 e. The fraction of sp³-hybridized carbons (Fsp3) is 0.0256. The molecule has 0 atom stereocenters. The molecule has 0 saturated heterocycles. The van der Waals surface area contributed by atoms with E-state index >= 15 is 0 Å². The van der Waals surface area contributed by atoms with Gasteiger partial charge in [-0.2, -0.15) is 0 Å². The van der Waals surface area contributed by atoms with Gasteiger partial charge in [-0.15, -0.1) is 0 Å². The highest BCUT2D eigenvalue weighted by Crippen LogP contribution is 2.44.